The fraction of sp³-hybridized carbons (Fsp3) is 0.750. The molecule has 2 heterocycles. The van der Waals surface area contributed by atoms with Gasteiger partial charge in [-0.2, -0.15) is 5.10 Å². The molecule has 1 fully saturated rings. The highest BCUT2D eigenvalue weighted by Gasteiger charge is 2.23. The lowest BCUT2D eigenvalue weighted by molar-refractivity contribution is 0.193. The first-order valence-corrected chi connectivity index (χ1v) is 6.02. The molecule has 2 rings (SSSR count). The number of nitrogens with two attached hydrogens (primary N) is 1. The van der Waals surface area contributed by atoms with Crippen molar-refractivity contribution in [2.75, 3.05) is 13.2 Å². The van der Waals surface area contributed by atoms with Crippen molar-refractivity contribution in [2.45, 2.75) is 45.2 Å². The molecule has 1 aromatic heterocycles. The van der Waals surface area contributed by atoms with Gasteiger partial charge >= 0.3 is 0 Å². The van der Waals surface area contributed by atoms with Gasteiger partial charge in [0.1, 0.15) is 0 Å². The Morgan fingerprint density at radius 2 is 2.25 bits per heavy atom. The first kappa shape index (κ1) is 11.6. The molecule has 4 heteroatoms. The highest BCUT2D eigenvalue weighted by molar-refractivity contribution is 5.18. The summed E-state index contributed by atoms with van der Waals surface area (Å²) in [6.07, 6.45) is 1.08. The fourth-order valence-corrected chi connectivity index (χ4v) is 2.15. The SMILES string of the molecule is CC(C)n1nc(C2CCOC2)cc1[C@H](C)N. The third kappa shape index (κ3) is 2.13. The summed E-state index contributed by atoms with van der Waals surface area (Å²) in [5, 5.41) is 4.67. The lowest BCUT2D eigenvalue weighted by Gasteiger charge is -2.12. The molecule has 0 radical (unpaired) electrons. The van der Waals surface area contributed by atoms with E-state index in [9.17, 15) is 0 Å². The van der Waals surface area contributed by atoms with Gasteiger partial charge in [-0.05, 0) is 33.3 Å². The van der Waals surface area contributed by atoms with Crippen LogP contribution in [0.15, 0.2) is 6.07 Å². The summed E-state index contributed by atoms with van der Waals surface area (Å²) in [5.74, 6) is 0.456. The van der Waals surface area contributed by atoms with Crippen LogP contribution >= 0.6 is 0 Å². The Morgan fingerprint density at radius 3 is 2.69 bits per heavy atom. The Morgan fingerprint density at radius 1 is 1.50 bits per heavy atom. The van der Waals surface area contributed by atoms with E-state index in [1.165, 1.54) is 0 Å². The minimum Gasteiger partial charge on any atom is -0.381 e. The highest BCUT2D eigenvalue weighted by Crippen LogP contribution is 2.27. The zero-order valence-corrected chi connectivity index (χ0v) is 10.3. The van der Waals surface area contributed by atoms with E-state index in [0.29, 0.717) is 12.0 Å². The zero-order chi connectivity index (χ0) is 11.7. The van der Waals surface area contributed by atoms with Crippen LogP contribution in [0.3, 0.4) is 0 Å². The zero-order valence-electron chi connectivity index (χ0n) is 10.3. The first-order valence-electron chi connectivity index (χ1n) is 6.02. The van der Waals surface area contributed by atoms with Crippen LogP contribution in [0, 0.1) is 0 Å². The van der Waals surface area contributed by atoms with Gasteiger partial charge in [-0.3, -0.25) is 4.68 Å². The summed E-state index contributed by atoms with van der Waals surface area (Å²) in [6.45, 7) is 7.92. The second-order valence-corrected chi connectivity index (χ2v) is 4.88. The van der Waals surface area contributed by atoms with E-state index >= 15 is 0 Å². The van der Waals surface area contributed by atoms with Crippen molar-refractivity contribution in [1.82, 2.24) is 9.78 Å². The van der Waals surface area contributed by atoms with E-state index in [2.05, 4.69) is 25.0 Å². The maximum Gasteiger partial charge on any atom is 0.0683 e. The number of hydrogen-bond donors (Lipinski definition) is 1. The quantitative estimate of drug-likeness (QED) is 0.852. The van der Waals surface area contributed by atoms with Crippen LogP contribution in [0.4, 0.5) is 0 Å². The van der Waals surface area contributed by atoms with E-state index in [0.717, 1.165) is 31.0 Å². The number of aromatic nitrogens is 2. The smallest absolute Gasteiger partial charge is 0.0683 e. The van der Waals surface area contributed by atoms with E-state index in [1.54, 1.807) is 0 Å². The van der Waals surface area contributed by atoms with Gasteiger partial charge in [0, 0.05) is 24.6 Å². The molecule has 1 aliphatic rings. The number of ether oxygens (including phenoxy) is 1. The second-order valence-electron chi connectivity index (χ2n) is 4.88. The molecule has 16 heavy (non-hydrogen) atoms. The van der Waals surface area contributed by atoms with Gasteiger partial charge in [-0.15, -0.1) is 0 Å². The van der Waals surface area contributed by atoms with Crippen LogP contribution in [-0.4, -0.2) is 23.0 Å². The Kier molecular flexibility index (Phi) is 3.30. The summed E-state index contributed by atoms with van der Waals surface area (Å²) < 4.78 is 7.44. The van der Waals surface area contributed by atoms with Crippen molar-refractivity contribution in [3.63, 3.8) is 0 Å². The summed E-state index contributed by atoms with van der Waals surface area (Å²) in [5.41, 5.74) is 8.23. The van der Waals surface area contributed by atoms with Gasteiger partial charge in [0.25, 0.3) is 0 Å². The molecule has 0 aromatic carbocycles. The molecule has 0 aliphatic carbocycles. The van der Waals surface area contributed by atoms with Crippen molar-refractivity contribution >= 4 is 0 Å². The van der Waals surface area contributed by atoms with Gasteiger partial charge in [-0.1, -0.05) is 0 Å². The van der Waals surface area contributed by atoms with Crippen LogP contribution in [0.2, 0.25) is 0 Å². The minimum absolute atomic E-state index is 0.0333. The van der Waals surface area contributed by atoms with Crippen LogP contribution < -0.4 is 5.73 Å². The highest BCUT2D eigenvalue weighted by atomic mass is 16.5. The van der Waals surface area contributed by atoms with Crippen LogP contribution in [0.1, 0.15) is 56.6 Å². The first-order chi connectivity index (χ1) is 7.59. The maximum absolute atomic E-state index is 5.97. The Labute approximate surface area is 96.8 Å². The average molecular weight is 223 g/mol. The van der Waals surface area contributed by atoms with Crippen molar-refractivity contribution in [1.29, 1.82) is 0 Å². The molecule has 0 bridgehead atoms. The number of nitrogens with zero attached hydrogens (tertiary/aromatic N) is 2. The second kappa shape index (κ2) is 4.55. The largest absolute Gasteiger partial charge is 0.381 e. The van der Waals surface area contributed by atoms with Gasteiger partial charge in [-0.25, -0.2) is 0 Å². The fourth-order valence-electron chi connectivity index (χ4n) is 2.15. The minimum atomic E-state index is 0.0333. The molecule has 1 unspecified atom stereocenters. The van der Waals surface area contributed by atoms with E-state index in [4.69, 9.17) is 10.5 Å². The molecule has 0 saturated carbocycles. The van der Waals surface area contributed by atoms with Crippen molar-refractivity contribution < 1.29 is 4.74 Å². The molecule has 0 amide bonds. The molecular weight excluding hydrogens is 202 g/mol. The maximum atomic E-state index is 5.97. The molecule has 4 nitrogen and oxygen atoms in total. The van der Waals surface area contributed by atoms with Crippen LogP contribution in [0.25, 0.3) is 0 Å². The monoisotopic (exact) mass is 223 g/mol. The van der Waals surface area contributed by atoms with Crippen LogP contribution in [-0.2, 0) is 4.74 Å². The average Bonchev–Trinajstić information content (AvgIpc) is 2.86. The van der Waals surface area contributed by atoms with Gasteiger partial charge < -0.3 is 10.5 Å². The molecule has 2 N–H and O–H groups in total. The lowest BCUT2D eigenvalue weighted by Crippen LogP contribution is -2.14. The van der Waals surface area contributed by atoms with E-state index in [1.807, 2.05) is 11.6 Å². The Balaban J connectivity index is 2.30. The van der Waals surface area contributed by atoms with Crippen LogP contribution in [0.5, 0.6) is 0 Å². The van der Waals surface area contributed by atoms with Gasteiger partial charge in [0.15, 0.2) is 0 Å². The normalized spacial score (nSPS) is 22.9. The van der Waals surface area contributed by atoms with Gasteiger partial charge in [0.2, 0.25) is 0 Å². The van der Waals surface area contributed by atoms with Gasteiger partial charge in [0.05, 0.1) is 18.0 Å². The molecule has 1 saturated heterocycles. The molecule has 1 aliphatic heterocycles. The lowest BCUT2D eigenvalue weighted by atomic mass is 10.0. The predicted molar refractivity (Wildman–Crippen MR) is 63.4 cm³/mol. The third-order valence-electron chi connectivity index (χ3n) is 3.09. The summed E-state index contributed by atoms with van der Waals surface area (Å²) in [6, 6.07) is 2.53. The van der Waals surface area contributed by atoms with Crippen molar-refractivity contribution in [2.24, 2.45) is 5.73 Å². The summed E-state index contributed by atoms with van der Waals surface area (Å²) in [4.78, 5) is 0. The molecule has 90 valence electrons. The van der Waals surface area contributed by atoms with E-state index < -0.39 is 0 Å². The summed E-state index contributed by atoms with van der Waals surface area (Å²) in [7, 11) is 0. The molecule has 1 aromatic rings. The molecular formula is C12H21N3O. The van der Waals surface area contributed by atoms with Crippen molar-refractivity contribution in [3.05, 3.63) is 17.5 Å². The number of rotatable bonds is 3. The summed E-state index contributed by atoms with van der Waals surface area (Å²) >= 11 is 0. The Hall–Kier alpha value is -0.870. The number of hydrogen-bond acceptors (Lipinski definition) is 3. The molecule has 2 atom stereocenters. The topological polar surface area (TPSA) is 53.1 Å². The third-order valence-corrected chi connectivity index (χ3v) is 3.09. The Bertz CT molecular complexity index is 326. The predicted octanol–water partition coefficient (Wildman–Crippen LogP) is 1.99. The van der Waals surface area contributed by atoms with E-state index in [-0.39, 0.29) is 6.04 Å². The standard InChI is InChI=1S/C12H21N3O/c1-8(2)15-12(9(3)13)6-11(14-15)10-4-5-16-7-10/h6,8-10H,4-5,7,13H2,1-3H3/t9-,10?/m0/s1. The molecule has 0 spiro atoms. The van der Waals surface area contributed by atoms with Crippen molar-refractivity contribution in [3.8, 4) is 0 Å².